The maximum atomic E-state index is 12.8. The van der Waals surface area contributed by atoms with E-state index in [1.807, 2.05) is 12.1 Å². The van der Waals surface area contributed by atoms with Crippen molar-refractivity contribution < 1.29 is 22.7 Å². The molecule has 1 aromatic rings. The van der Waals surface area contributed by atoms with Crippen LogP contribution in [-0.4, -0.2) is 54.4 Å². The van der Waals surface area contributed by atoms with E-state index in [-0.39, 0.29) is 16.0 Å². The summed E-state index contributed by atoms with van der Waals surface area (Å²) in [6.07, 6.45) is 3.12. The molecule has 2 unspecified atom stereocenters. The Kier molecular flexibility index (Phi) is 5.92. The minimum absolute atomic E-state index is 0.181. The summed E-state index contributed by atoms with van der Waals surface area (Å²) in [5.74, 6) is -0.350. The number of hydrogen-bond donors (Lipinski definition) is 1. The van der Waals surface area contributed by atoms with Gasteiger partial charge in [-0.15, -0.1) is 0 Å². The summed E-state index contributed by atoms with van der Waals surface area (Å²) in [7, 11) is -1.72. The van der Waals surface area contributed by atoms with E-state index >= 15 is 0 Å². The van der Waals surface area contributed by atoms with Crippen LogP contribution >= 0.6 is 24.0 Å². The fourth-order valence-electron chi connectivity index (χ4n) is 2.78. The summed E-state index contributed by atoms with van der Waals surface area (Å²) in [6.45, 7) is 1.56. The molecule has 1 aromatic carbocycles. The topological polar surface area (TPSA) is 92.8 Å². The van der Waals surface area contributed by atoms with Crippen LogP contribution in [0.15, 0.2) is 40.7 Å². The van der Waals surface area contributed by atoms with Gasteiger partial charge in [-0.25, -0.2) is 8.42 Å². The fraction of sp³-hybridized carbons (Fsp3) is 0.278. The third-order valence-electron chi connectivity index (χ3n) is 4.24. The molecule has 2 aliphatic heterocycles. The van der Waals surface area contributed by atoms with Gasteiger partial charge >= 0.3 is 0 Å². The SMILES string of the molecule is COc1cccc(/C=C2/SC(=S)N(C(C)C(=O)NC3C=CS(=O)(=O)C3)C2=O)c1. The summed E-state index contributed by atoms with van der Waals surface area (Å²) in [6, 6.07) is 5.76. The van der Waals surface area contributed by atoms with Crippen molar-refractivity contribution in [1.29, 1.82) is 0 Å². The summed E-state index contributed by atoms with van der Waals surface area (Å²) in [5, 5.41) is 3.71. The minimum atomic E-state index is -3.28. The molecule has 0 aliphatic carbocycles. The molecule has 148 valence electrons. The second-order valence-electron chi connectivity index (χ2n) is 6.28. The number of benzene rings is 1. The molecule has 7 nitrogen and oxygen atoms in total. The number of thiocarbonyl (C=S) groups is 1. The summed E-state index contributed by atoms with van der Waals surface area (Å²) < 4.78 is 28.4. The number of nitrogens with one attached hydrogen (secondary N) is 1. The first-order valence-corrected chi connectivity index (χ1v) is 11.3. The highest BCUT2D eigenvalue weighted by atomic mass is 32.2. The number of methoxy groups -OCH3 is 1. The molecule has 0 aromatic heterocycles. The van der Waals surface area contributed by atoms with Gasteiger partial charge in [0, 0.05) is 5.41 Å². The lowest BCUT2D eigenvalue weighted by atomic mass is 10.2. The predicted octanol–water partition coefficient (Wildman–Crippen LogP) is 1.71. The van der Waals surface area contributed by atoms with E-state index < -0.39 is 27.8 Å². The van der Waals surface area contributed by atoms with E-state index in [1.165, 1.54) is 11.0 Å². The molecule has 0 bridgehead atoms. The number of amides is 2. The predicted molar refractivity (Wildman–Crippen MR) is 112 cm³/mol. The van der Waals surface area contributed by atoms with Crippen molar-refractivity contribution in [2.24, 2.45) is 0 Å². The number of carbonyl (C=O) groups excluding carboxylic acids is 2. The van der Waals surface area contributed by atoms with Crippen LogP contribution in [0.3, 0.4) is 0 Å². The molecule has 10 heteroatoms. The first kappa shape index (κ1) is 20.6. The van der Waals surface area contributed by atoms with Crippen molar-refractivity contribution in [2.45, 2.75) is 19.0 Å². The average molecular weight is 439 g/mol. The maximum absolute atomic E-state index is 12.8. The molecule has 0 spiro atoms. The van der Waals surface area contributed by atoms with Crippen molar-refractivity contribution in [1.82, 2.24) is 10.2 Å². The smallest absolute Gasteiger partial charge is 0.266 e. The van der Waals surface area contributed by atoms with Crippen LogP contribution in [0.2, 0.25) is 0 Å². The highest BCUT2D eigenvalue weighted by molar-refractivity contribution is 8.26. The van der Waals surface area contributed by atoms with E-state index in [1.54, 1.807) is 32.2 Å². The first-order chi connectivity index (χ1) is 13.2. The number of carbonyl (C=O) groups is 2. The van der Waals surface area contributed by atoms with Crippen LogP contribution in [0.4, 0.5) is 0 Å². The second-order valence-corrected chi connectivity index (χ2v) is 9.88. The van der Waals surface area contributed by atoms with Gasteiger partial charge in [-0.05, 0) is 36.8 Å². The molecular formula is C18H18N2O5S3. The molecular weight excluding hydrogens is 420 g/mol. The van der Waals surface area contributed by atoms with Gasteiger partial charge in [-0.2, -0.15) is 0 Å². The summed E-state index contributed by atoms with van der Waals surface area (Å²) in [5.41, 5.74) is 0.776. The average Bonchev–Trinajstić information content (AvgIpc) is 3.12. The zero-order chi connectivity index (χ0) is 20.5. The summed E-state index contributed by atoms with van der Waals surface area (Å²) in [4.78, 5) is 26.9. The van der Waals surface area contributed by atoms with Crippen molar-refractivity contribution >= 4 is 56.0 Å². The molecule has 2 aliphatic rings. The van der Waals surface area contributed by atoms with Gasteiger partial charge in [0.25, 0.3) is 5.91 Å². The standard InChI is InChI=1S/C18H18N2O5S3/c1-11(16(21)19-13-6-7-28(23,24)10-13)20-17(22)15(27-18(20)26)9-12-4-3-5-14(8-12)25-2/h3-9,11,13H,10H2,1-2H3,(H,19,21)/b15-9+. The monoisotopic (exact) mass is 438 g/mol. The Morgan fingerprint density at radius 1 is 1.46 bits per heavy atom. The number of nitrogens with zero attached hydrogens (tertiary/aromatic N) is 1. The van der Waals surface area contributed by atoms with E-state index in [4.69, 9.17) is 17.0 Å². The van der Waals surface area contributed by atoms with Crippen LogP contribution in [0, 0.1) is 0 Å². The largest absolute Gasteiger partial charge is 0.497 e. The molecule has 0 saturated carbocycles. The van der Waals surface area contributed by atoms with Crippen LogP contribution < -0.4 is 10.1 Å². The third kappa shape index (κ3) is 4.45. The lowest BCUT2D eigenvalue weighted by molar-refractivity contribution is -0.132. The van der Waals surface area contributed by atoms with Crippen LogP contribution in [0.25, 0.3) is 6.08 Å². The van der Waals surface area contributed by atoms with Gasteiger partial charge in [-0.3, -0.25) is 14.5 Å². The molecule has 2 heterocycles. The quantitative estimate of drug-likeness (QED) is 0.553. The lowest BCUT2D eigenvalue weighted by Gasteiger charge is -2.23. The van der Waals surface area contributed by atoms with Crippen LogP contribution in [-0.2, 0) is 19.4 Å². The zero-order valence-corrected chi connectivity index (χ0v) is 17.6. The normalized spacial score (nSPS) is 23.3. The van der Waals surface area contributed by atoms with Crippen LogP contribution in [0.5, 0.6) is 5.75 Å². The highest BCUT2D eigenvalue weighted by Gasteiger charge is 2.39. The lowest BCUT2D eigenvalue weighted by Crippen LogP contribution is -2.49. The van der Waals surface area contributed by atoms with E-state index in [9.17, 15) is 18.0 Å². The Bertz CT molecular complexity index is 1000. The van der Waals surface area contributed by atoms with Gasteiger partial charge in [0.05, 0.1) is 23.8 Å². The van der Waals surface area contributed by atoms with E-state index in [0.29, 0.717) is 10.7 Å². The van der Waals surface area contributed by atoms with Gasteiger partial charge in [-0.1, -0.05) is 36.1 Å². The molecule has 2 atom stereocenters. The maximum Gasteiger partial charge on any atom is 0.266 e. The van der Waals surface area contributed by atoms with Crippen molar-refractivity contribution in [2.75, 3.05) is 12.9 Å². The third-order valence-corrected chi connectivity index (χ3v) is 6.97. The molecule has 1 fully saturated rings. The Labute approximate surface area is 172 Å². The van der Waals surface area contributed by atoms with Crippen molar-refractivity contribution in [3.8, 4) is 5.75 Å². The molecule has 28 heavy (non-hydrogen) atoms. The zero-order valence-electron chi connectivity index (χ0n) is 15.1. The number of hydrogen-bond acceptors (Lipinski definition) is 7. The number of ether oxygens (including phenoxy) is 1. The van der Waals surface area contributed by atoms with Gasteiger partial charge < -0.3 is 10.1 Å². The number of thioether (sulfide) groups is 1. The Morgan fingerprint density at radius 2 is 2.21 bits per heavy atom. The Morgan fingerprint density at radius 3 is 2.86 bits per heavy atom. The van der Waals surface area contributed by atoms with Crippen molar-refractivity contribution in [3.05, 3.63) is 46.2 Å². The molecule has 1 saturated heterocycles. The van der Waals surface area contributed by atoms with Gasteiger partial charge in [0.2, 0.25) is 5.91 Å². The van der Waals surface area contributed by atoms with E-state index in [0.717, 1.165) is 22.7 Å². The Balaban J connectivity index is 1.73. The van der Waals surface area contributed by atoms with Crippen molar-refractivity contribution in [3.63, 3.8) is 0 Å². The second kappa shape index (κ2) is 8.06. The first-order valence-electron chi connectivity index (χ1n) is 8.32. The fourth-order valence-corrected chi connectivity index (χ4v) is 5.44. The molecule has 3 rings (SSSR count). The molecule has 1 N–H and O–H groups in total. The Hall–Kier alpha value is -2.17. The highest BCUT2D eigenvalue weighted by Crippen LogP contribution is 2.34. The summed E-state index contributed by atoms with van der Waals surface area (Å²) >= 11 is 6.40. The number of rotatable bonds is 5. The van der Waals surface area contributed by atoms with E-state index in [2.05, 4.69) is 5.32 Å². The molecule has 2 amide bonds. The minimum Gasteiger partial charge on any atom is -0.497 e. The number of sulfone groups is 1. The van der Waals surface area contributed by atoms with Gasteiger partial charge in [0.15, 0.2) is 9.84 Å². The van der Waals surface area contributed by atoms with Gasteiger partial charge in [0.1, 0.15) is 16.1 Å². The molecule has 0 radical (unpaired) electrons. The van der Waals surface area contributed by atoms with Crippen LogP contribution in [0.1, 0.15) is 12.5 Å².